The van der Waals surface area contributed by atoms with Gasteiger partial charge in [0.1, 0.15) is 0 Å². The first-order valence-electron chi connectivity index (χ1n) is 25.9. The molecule has 346 valence electrons. The SMILES string of the molecule is CC(C)c1cccc(C(C)C)c1-c1cccc(-c2c(C(C)C)cccc2C(C)C)[c]1[Sn]1[CH2][CH2][Sn]([c]2c(-c3c(C(C)C)cccc3C(C)C)cccc2-c2c(C(C)C)cccc2C(C)C)[CH2][CH2]1. The fourth-order valence-corrected chi connectivity index (χ4v) is 49.1. The van der Waals surface area contributed by atoms with Crippen LogP contribution < -0.4 is 7.16 Å². The van der Waals surface area contributed by atoms with Crippen molar-refractivity contribution in [2.24, 2.45) is 0 Å². The molecule has 6 aromatic rings. The summed E-state index contributed by atoms with van der Waals surface area (Å²) in [5.74, 6) is 3.61. The van der Waals surface area contributed by atoms with Crippen molar-refractivity contribution in [3.63, 3.8) is 0 Å². The van der Waals surface area contributed by atoms with Gasteiger partial charge in [0.05, 0.1) is 0 Å². The van der Waals surface area contributed by atoms with Crippen molar-refractivity contribution in [1.82, 2.24) is 0 Å². The molecule has 0 bridgehead atoms. The van der Waals surface area contributed by atoms with Gasteiger partial charge in [-0.1, -0.05) is 0 Å². The second-order valence-electron chi connectivity index (χ2n) is 22.1. The summed E-state index contributed by atoms with van der Waals surface area (Å²) in [5.41, 5.74) is 24.7. The van der Waals surface area contributed by atoms with E-state index in [0.29, 0.717) is 47.3 Å². The summed E-state index contributed by atoms with van der Waals surface area (Å²) < 4.78 is 9.43. The Labute approximate surface area is 417 Å². The molecule has 0 amide bonds. The topological polar surface area (TPSA) is 0 Å². The molecule has 0 atom stereocenters. The predicted octanol–water partition coefficient (Wildman–Crippen LogP) is 18.5. The van der Waals surface area contributed by atoms with E-state index in [1.54, 1.807) is 44.5 Å². The van der Waals surface area contributed by atoms with Crippen molar-refractivity contribution in [3.8, 4) is 44.5 Å². The summed E-state index contributed by atoms with van der Waals surface area (Å²) in [6.07, 6.45) is 0. The number of benzene rings is 6. The van der Waals surface area contributed by atoms with Crippen molar-refractivity contribution in [2.75, 3.05) is 0 Å². The summed E-state index contributed by atoms with van der Waals surface area (Å²) in [5, 5.41) is 0. The maximum atomic E-state index is 2.57. The number of rotatable bonds is 14. The van der Waals surface area contributed by atoms with Crippen LogP contribution in [0.5, 0.6) is 0 Å². The monoisotopic (exact) mass is 1090 g/mol. The van der Waals surface area contributed by atoms with Gasteiger partial charge >= 0.3 is 421 Å². The van der Waals surface area contributed by atoms with Crippen LogP contribution in [0.4, 0.5) is 0 Å². The van der Waals surface area contributed by atoms with Crippen LogP contribution in [0.25, 0.3) is 44.5 Å². The zero-order valence-electron chi connectivity index (χ0n) is 43.8. The summed E-state index contributed by atoms with van der Waals surface area (Å²) in [6.45, 7) is 38.6. The molecule has 0 nitrogen and oxygen atoms in total. The minimum atomic E-state index is -2.34. The van der Waals surface area contributed by atoms with Crippen molar-refractivity contribution < 1.29 is 0 Å². The minimum absolute atomic E-state index is 0.452. The third kappa shape index (κ3) is 10.1. The first-order valence-corrected chi connectivity index (χ1v) is 36.9. The van der Waals surface area contributed by atoms with Crippen LogP contribution in [0.2, 0.25) is 17.7 Å². The van der Waals surface area contributed by atoms with Crippen LogP contribution in [-0.2, 0) is 0 Å². The average Bonchev–Trinajstić information content (AvgIpc) is 3.29. The molecule has 0 saturated carbocycles. The predicted molar refractivity (Wildman–Crippen MR) is 297 cm³/mol. The van der Waals surface area contributed by atoms with Crippen molar-refractivity contribution in [1.29, 1.82) is 0 Å². The number of hydrogen-bond donors (Lipinski definition) is 0. The fraction of sp³-hybridized carbons (Fsp3) is 0.438. The van der Waals surface area contributed by atoms with Crippen LogP contribution in [0.15, 0.2) is 109 Å². The van der Waals surface area contributed by atoms with E-state index in [1.807, 2.05) is 7.16 Å². The molecule has 1 aliphatic heterocycles. The van der Waals surface area contributed by atoms with E-state index in [-0.39, 0.29) is 0 Å². The molecule has 0 aromatic heterocycles. The van der Waals surface area contributed by atoms with Crippen molar-refractivity contribution in [2.45, 2.75) is 176 Å². The fourth-order valence-electron chi connectivity index (χ4n) is 11.5. The summed E-state index contributed by atoms with van der Waals surface area (Å²) in [6, 6.07) is 44.1. The molecule has 66 heavy (non-hydrogen) atoms. The van der Waals surface area contributed by atoms with Crippen LogP contribution in [0.3, 0.4) is 0 Å². The van der Waals surface area contributed by atoms with Gasteiger partial charge in [-0.05, 0) is 0 Å². The van der Waals surface area contributed by atoms with Crippen molar-refractivity contribution >= 4 is 46.7 Å². The molecule has 1 saturated heterocycles. The molecule has 1 heterocycles. The van der Waals surface area contributed by atoms with E-state index in [4.69, 9.17) is 0 Å². The molecule has 2 heteroatoms. The van der Waals surface area contributed by atoms with Crippen LogP contribution in [-0.4, -0.2) is 39.5 Å². The van der Waals surface area contributed by atoms with E-state index in [9.17, 15) is 0 Å². The number of hydrogen-bond acceptors (Lipinski definition) is 0. The second kappa shape index (κ2) is 21.7. The van der Waals surface area contributed by atoms with Gasteiger partial charge in [-0.3, -0.25) is 0 Å². The molecule has 1 aliphatic rings. The molecular formula is C64H82Sn2. The standard InChI is InChI=1S/2C30H37.2C2H4.2Sn/c2*1-19(2)25-14-10-15-26(20(3)4)29(25)23-12-9-13-24(18-23)30-27(21(5)6)16-11-17-28(30)22(7)8;2*1-2;;/h2*9-17,19-22H,1-8H3;2*1-2H2;;. The van der Waals surface area contributed by atoms with E-state index in [2.05, 4.69) is 220 Å². The molecular weight excluding hydrogens is 1010 g/mol. The van der Waals surface area contributed by atoms with E-state index >= 15 is 0 Å². The van der Waals surface area contributed by atoms with Gasteiger partial charge in [-0.2, -0.15) is 0 Å². The van der Waals surface area contributed by atoms with E-state index in [1.165, 1.54) is 62.3 Å². The van der Waals surface area contributed by atoms with Gasteiger partial charge in [0, 0.05) is 0 Å². The third-order valence-electron chi connectivity index (χ3n) is 14.9. The summed E-state index contributed by atoms with van der Waals surface area (Å²) in [7, 11) is 0. The van der Waals surface area contributed by atoms with Gasteiger partial charge < -0.3 is 0 Å². The van der Waals surface area contributed by atoms with Gasteiger partial charge in [-0.25, -0.2) is 0 Å². The van der Waals surface area contributed by atoms with Crippen LogP contribution in [0, 0.1) is 0 Å². The van der Waals surface area contributed by atoms with Gasteiger partial charge in [-0.15, -0.1) is 0 Å². The molecule has 7 rings (SSSR count). The molecule has 6 aromatic carbocycles. The van der Waals surface area contributed by atoms with Gasteiger partial charge in [0.2, 0.25) is 0 Å². The average molecular weight is 1090 g/mol. The first kappa shape index (κ1) is 50.8. The Morgan fingerprint density at radius 1 is 0.242 bits per heavy atom. The Morgan fingerprint density at radius 3 is 0.545 bits per heavy atom. The molecule has 0 aliphatic carbocycles. The quantitative estimate of drug-likeness (QED) is 0.0954. The Kier molecular flexibility index (Phi) is 16.7. The summed E-state index contributed by atoms with van der Waals surface area (Å²) in [4.78, 5) is 0. The maximum absolute atomic E-state index is 2.57. The summed E-state index contributed by atoms with van der Waals surface area (Å²) >= 11 is -4.67. The van der Waals surface area contributed by atoms with E-state index < -0.39 is 39.5 Å². The second-order valence-corrected chi connectivity index (χ2v) is 37.6. The Balaban J connectivity index is 1.50. The molecule has 0 N–H and O–H groups in total. The third-order valence-corrected chi connectivity index (χ3v) is 39.9. The Bertz CT molecular complexity index is 2170. The van der Waals surface area contributed by atoms with Gasteiger partial charge in [0.25, 0.3) is 0 Å². The van der Waals surface area contributed by atoms with Crippen LogP contribution >= 0.6 is 0 Å². The molecule has 0 unspecified atom stereocenters. The first-order chi connectivity index (χ1) is 31.4. The zero-order valence-corrected chi connectivity index (χ0v) is 49.5. The molecule has 0 spiro atoms. The zero-order chi connectivity index (χ0) is 47.7. The molecule has 2 radical (unpaired) electrons. The molecule has 1 fully saturated rings. The van der Waals surface area contributed by atoms with Crippen LogP contribution in [0.1, 0.15) is 203 Å². The Morgan fingerprint density at radius 2 is 0.394 bits per heavy atom. The van der Waals surface area contributed by atoms with Gasteiger partial charge in [0.15, 0.2) is 0 Å². The normalized spacial score (nSPS) is 14.2. The Hall–Kier alpha value is -3.08. The van der Waals surface area contributed by atoms with Crippen molar-refractivity contribution in [3.05, 3.63) is 154 Å². The van der Waals surface area contributed by atoms with E-state index in [0.717, 1.165) is 0 Å².